The number of imidazole rings is 1. The van der Waals surface area contributed by atoms with Gasteiger partial charge in [-0.1, -0.05) is 41.3 Å². The standard InChI is InChI=1S/C24H19N2.Ir/c1-15-11-12-21-20(13-15)18-9-4-5-10-19(18)24-25-14-22(26(21)24)23-16(2)7-6-8-17(23)3;/h4-9,11-14H,1-3H3;/q-1;/i1D3;. The van der Waals surface area contributed by atoms with Gasteiger partial charge in [0, 0.05) is 41.5 Å². The predicted octanol–water partition coefficient (Wildman–Crippen LogP) is 6.03. The first-order chi connectivity index (χ1) is 13.9. The van der Waals surface area contributed by atoms with Crippen LogP contribution in [-0.4, -0.2) is 9.38 Å². The van der Waals surface area contributed by atoms with Crippen LogP contribution in [0.5, 0.6) is 0 Å². The fourth-order valence-corrected chi connectivity index (χ4v) is 3.96. The van der Waals surface area contributed by atoms with E-state index in [9.17, 15) is 0 Å². The Kier molecular flexibility index (Phi) is 3.56. The second kappa shape index (κ2) is 6.60. The van der Waals surface area contributed by atoms with Crippen LogP contribution in [0.3, 0.4) is 0 Å². The molecule has 0 spiro atoms. The van der Waals surface area contributed by atoms with Gasteiger partial charge in [-0.15, -0.1) is 29.7 Å². The molecule has 5 aromatic rings. The largest absolute Gasteiger partial charge is 0.333 e. The van der Waals surface area contributed by atoms with Crippen LogP contribution >= 0.6 is 0 Å². The molecule has 0 saturated heterocycles. The van der Waals surface area contributed by atoms with E-state index in [1.807, 2.05) is 30.5 Å². The Labute approximate surface area is 176 Å². The topological polar surface area (TPSA) is 17.3 Å². The maximum atomic E-state index is 7.83. The van der Waals surface area contributed by atoms with Gasteiger partial charge in [-0.3, -0.25) is 4.98 Å². The van der Waals surface area contributed by atoms with E-state index in [0.717, 1.165) is 38.6 Å². The van der Waals surface area contributed by atoms with Crippen molar-refractivity contribution in [3.8, 4) is 11.3 Å². The minimum Gasteiger partial charge on any atom is -0.333 e. The van der Waals surface area contributed by atoms with Crippen LogP contribution in [0.25, 0.3) is 38.6 Å². The number of aryl methyl sites for hydroxylation is 3. The van der Waals surface area contributed by atoms with Crippen LogP contribution in [0, 0.1) is 26.8 Å². The number of pyridine rings is 1. The molecule has 0 unspecified atom stereocenters. The Bertz CT molecular complexity index is 1400. The van der Waals surface area contributed by atoms with Gasteiger partial charge in [-0.2, -0.15) is 0 Å². The third-order valence-electron chi connectivity index (χ3n) is 5.11. The Balaban J connectivity index is 0.00000218. The zero-order valence-corrected chi connectivity index (χ0v) is 17.4. The molecule has 0 aliphatic heterocycles. The first-order valence-electron chi connectivity index (χ1n) is 10.2. The maximum Gasteiger partial charge on any atom is 0.0639 e. The quantitative estimate of drug-likeness (QED) is 0.191. The number of nitrogens with zero attached hydrogens (tertiary/aromatic N) is 2. The molecular weight excluding hydrogens is 508 g/mol. The molecule has 27 heavy (non-hydrogen) atoms. The summed E-state index contributed by atoms with van der Waals surface area (Å²) in [5.74, 6) is 0. The summed E-state index contributed by atoms with van der Waals surface area (Å²) >= 11 is 0. The van der Waals surface area contributed by atoms with Crippen molar-refractivity contribution in [1.82, 2.24) is 9.38 Å². The first kappa shape index (κ1) is 14.6. The molecule has 0 N–H and O–H groups in total. The van der Waals surface area contributed by atoms with E-state index in [1.54, 1.807) is 12.1 Å². The Morgan fingerprint density at radius 2 is 1.81 bits per heavy atom. The zero-order chi connectivity index (χ0) is 20.3. The number of hydrogen-bond acceptors (Lipinski definition) is 1. The number of fused-ring (bicyclic) bond motifs is 6. The van der Waals surface area contributed by atoms with Gasteiger partial charge >= 0.3 is 0 Å². The van der Waals surface area contributed by atoms with Crippen molar-refractivity contribution in [3.63, 3.8) is 0 Å². The van der Waals surface area contributed by atoms with Crippen LogP contribution < -0.4 is 0 Å². The Morgan fingerprint density at radius 3 is 2.59 bits per heavy atom. The molecule has 1 radical (unpaired) electrons. The van der Waals surface area contributed by atoms with Crippen molar-refractivity contribution >= 4 is 27.3 Å². The van der Waals surface area contributed by atoms with Crippen molar-refractivity contribution in [3.05, 3.63) is 83.6 Å². The normalized spacial score (nSPS) is 13.3. The van der Waals surface area contributed by atoms with Crippen molar-refractivity contribution in [1.29, 1.82) is 0 Å². The van der Waals surface area contributed by atoms with Crippen LogP contribution in [0.2, 0.25) is 0 Å². The average molecular weight is 531 g/mol. The van der Waals surface area contributed by atoms with E-state index in [2.05, 4.69) is 42.5 Å². The van der Waals surface area contributed by atoms with Crippen LogP contribution in [0.4, 0.5) is 0 Å². The van der Waals surface area contributed by atoms with Gasteiger partial charge in [-0.05, 0) is 43.3 Å². The van der Waals surface area contributed by atoms with E-state index in [1.165, 1.54) is 11.1 Å². The Hall–Kier alpha value is -2.48. The molecule has 0 atom stereocenters. The molecule has 2 heterocycles. The molecule has 0 bridgehead atoms. The summed E-state index contributed by atoms with van der Waals surface area (Å²) in [5, 5.41) is 2.74. The van der Waals surface area contributed by atoms with Gasteiger partial charge in [0.25, 0.3) is 0 Å². The molecule has 0 amide bonds. The van der Waals surface area contributed by atoms with Crippen molar-refractivity contribution in [2.45, 2.75) is 20.7 Å². The summed E-state index contributed by atoms with van der Waals surface area (Å²) < 4.78 is 25.6. The second-order valence-corrected chi connectivity index (χ2v) is 6.76. The average Bonchev–Trinajstić information content (AvgIpc) is 3.12. The van der Waals surface area contributed by atoms with Gasteiger partial charge in [0.15, 0.2) is 0 Å². The van der Waals surface area contributed by atoms with Crippen molar-refractivity contribution in [2.24, 2.45) is 0 Å². The van der Waals surface area contributed by atoms with Crippen molar-refractivity contribution < 1.29 is 24.2 Å². The second-order valence-electron chi connectivity index (χ2n) is 6.76. The van der Waals surface area contributed by atoms with E-state index in [-0.39, 0.29) is 20.1 Å². The van der Waals surface area contributed by atoms with Gasteiger partial charge in [0.1, 0.15) is 0 Å². The third kappa shape index (κ3) is 2.62. The minimum absolute atomic E-state index is 0. The molecule has 0 aliphatic carbocycles. The number of aromatic nitrogens is 2. The fourth-order valence-electron chi connectivity index (χ4n) is 3.96. The molecular formula is C24H19IrN2-. The first-order valence-corrected chi connectivity index (χ1v) is 8.67. The number of rotatable bonds is 1. The van der Waals surface area contributed by atoms with Crippen LogP contribution in [0.1, 0.15) is 20.8 Å². The fraction of sp³-hybridized carbons (Fsp3) is 0.125. The van der Waals surface area contributed by atoms with E-state index in [0.29, 0.717) is 5.56 Å². The smallest absolute Gasteiger partial charge is 0.0639 e. The SMILES string of the molecule is [2H]C([2H])([2H])c1ccc2c(c1)c1ccc[c-]c1c1ncc(-c3c(C)cccc3C)n21.[Ir]. The molecule has 0 aliphatic rings. The van der Waals surface area contributed by atoms with Gasteiger partial charge in [0.05, 0.1) is 11.3 Å². The van der Waals surface area contributed by atoms with E-state index in [4.69, 9.17) is 9.10 Å². The van der Waals surface area contributed by atoms with Gasteiger partial charge in [0.2, 0.25) is 0 Å². The van der Waals surface area contributed by atoms with Gasteiger partial charge in [-0.25, -0.2) is 0 Å². The molecule has 2 nitrogen and oxygen atoms in total. The monoisotopic (exact) mass is 531 g/mol. The maximum absolute atomic E-state index is 7.83. The predicted molar refractivity (Wildman–Crippen MR) is 109 cm³/mol. The van der Waals surface area contributed by atoms with E-state index >= 15 is 0 Å². The van der Waals surface area contributed by atoms with E-state index < -0.39 is 6.85 Å². The molecule has 0 fully saturated rings. The van der Waals surface area contributed by atoms with Crippen LogP contribution in [-0.2, 0) is 20.1 Å². The number of hydrogen-bond donors (Lipinski definition) is 0. The molecule has 3 aromatic carbocycles. The molecule has 5 rings (SSSR count). The summed E-state index contributed by atoms with van der Waals surface area (Å²) in [7, 11) is 0. The molecule has 0 saturated carbocycles. The zero-order valence-electron chi connectivity index (χ0n) is 18.0. The summed E-state index contributed by atoms with van der Waals surface area (Å²) in [4.78, 5) is 4.75. The minimum atomic E-state index is -2.15. The van der Waals surface area contributed by atoms with Gasteiger partial charge < -0.3 is 4.40 Å². The third-order valence-corrected chi connectivity index (χ3v) is 5.11. The molecule has 2 aromatic heterocycles. The molecule has 3 heteroatoms. The summed E-state index contributed by atoms with van der Waals surface area (Å²) in [5.41, 5.74) is 6.61. The summed E-state index contributed by atoms with van der Waals surface area (Å²) in [6.45, 7) is 2.05. The van der Waals surface area contributed by atoms with Crippen molar-refractivity contribution in [2.75, 3.05) is 0 Å². The number of benzene rings is 3. The summed E-state index contributed by atoms with van der Waals surface area (Å²) in [6, 6.07) is 20.8. The molecule has 135 valence electrons. The Morgan fingerprint density at radius 1 is 1.00 bits per heavy atom. The van der Waals surface area contributed by atoms with Crippen LogP contribution in [0.15, 0.2) is 60.8 Å². The summed E-state index contributed by atoms with van der Waals surface area (Å²) in [6.07, 6.45) is 1.90.